The predicted molar refractivity (Wildman–Crippen MR) is 122 cm³/mol. The number of carbonyl (C=O) groups excluding carboxylic acids is 1. The average molecular weight is 486 g/mol. The Morgan fingerprint density at radius 1 is 1.14 bits per heavy atom. The monoisotopic (exact) mass is 486 g/mol. The SMILES string of the molecule is Cc1cc(I)ccc1NC(=O)/C(C#N)=C\Nc1ccc(N2CCCCC2)cc1. The predicted octanol–water partition coefficient (Wildman–Crippen LogP) is 5.05. The fourth-order valence-electron chi connectivity index (χ4n) is 3.18. The highest BCUT2D eigenvalue weighted by Crippen LogP contribution is 2.22. The maximum Gasteiger partial charge on any atom is 0.267 e. The van der Waals surface area contributed by atoms with E-state index in [9.17, 15) is 10.1 Å². The van der Waals surface area contributed by atoms with Crippen molar-refractivity contribution in [2.24, 2.45) is 0 Å². The molecule has 0 atom stereocenters. The molecule has 6 heteroatoms. The van der Waals surface area contributed by atoms with Crippen LogP contribution in [0, 0.1) is 21.8 Å². The molecule has 1 amide bonds. The van der Waals surface area contributed by atoms with E-state index in [0.717, 1.165) is 27.9 Å². The first kappa shape index (κ1) is 20.2. The number of hydrogen-bond acceptors (Lipinski definition) is 4. The Balaban J connectivity index is 1.64. The van der Waals surface area contributed by atoms with Gasteiger partial charge in [0.1, 0.15) is 11.6 Å². The zero-order valence-corrected chi connectivity index (χ0v) is 18.0. The number of nitrogens with zero attached hydrogens (tertiary/aromatic N) is 2. The van der Waals surface area contributed by atoms with E-state index < -0.39 is 5.91 Å². The minimum absolute atomic E-state index is 0.0260. The molecular formula is C22H23IN4O. The van der Waals surface area contributed by atoms with Gasteiger partial charge in [-0.3, -0.25) is 4.79 Å². The van der Waals surface area contributed by atoms with Gasteiger partial charge in [-0.25, -0.2) is 0 Å². The number of halogens is 1. The Kier molecular flexibility index (Phi) is 6.93. The first-order valence-electron chi connectivity index (χ1n) is 9.36. The van der Waals surface area contributed by atoms with Crippen molar-refractivity contribution < 1.29 is 4.79 Å². The lowest BCUT2D eigenvalue weighted by atomic mass is 10.1. The Hall–Kier alpha value is -2.53. The number of nitrogens with one attached hydrogen (secondary N) is 2. The van der Waals surface area contributed by atoms with Crippen molar-refractivity contribution in [2.45, 2.75) is 26.2 Å². The van der Waals surface area contributed by atoms with Crippen molar-refractivity contribution in [1.29, 1.82) is 5.26 Å². The van der Waals surface area contributed by atoms with E-state index >= 15 is 0 Å². The molecule has 0 spiro atoms. The zero-order chi connectivity index (χ0) is 19.9. The summed E-state index contributed by atoms with van der Waals surface area (Å²) < 4.78 is 1.10. The van der Waals surface area contributed by atoms with E-state index in [0.29, 0.717) is 5.69 Å². The van der Waals surface area contributed by atoms with E-state index in [1.165, 1.54) is 31.1 Å². The molecule has 0 aliphatic carbocycles. The number of piperidine rings is 1. The maximum absolute atomic E-state index is 12.4. The van der Waals surface area contributed by atoms with Crippen LogP contribution in [0.3, 0.4) is 0 Å². The number of aryl methyl sites for hydroxylation is 1. The van der Waals surface area contributed by atoms with Crippen molar-refractivity contribution in [2.75, 3.05) is 28.6 Å². The number of rotatable bonds is 5. The first-order chi connectivity index (χ1) is 13.6. The topological polar surface area (TPSA) is 68.2 Å². The molecule has 28 heavy (non-hydrogen) atoms. The molecule has 5 nitrogen and oxygen atoms in total. The molecule has 2 N–H and O–H groups in total. The Morgan fingerprint density at radius 2 is 1.86 bits per heavy atom. The van der Waals surface area contributed by atoms with Crippen LogP contribution in [0.25, 0.3) is 0 Å². The third-order valence-corrected chi connectivity index (χ3v) is 5.44. The van der Waals surface area contributed by atoms with E-state index in [-0.39, 0.29) is 5.57 Å². The smallest absolute Gasteiger partial charge is 0.267 e. The molecule has 1 fully saturated rings. The molecule has 0 radical (unpaired) electrons. The number of carbonyl (C=O) groups is 1. The van der Waals surface area contributed by atoms with Crippen molar-refractivity contribution in [3.05, 3.63) is 63.4 Å². The summed E-state index contributed by atoms with van der Waals surface area (Å²) in [6.45, 7) is 4.13. The van der Waals surface area contributed by atoms with Crippen molar-refractivity contribution >= 4 is 45.6 Å². The Bertz CT molecular complexity index is 909. The van der Waals surface area contributed by atoms with Crippen LogP contribution >= 0.6 is 22.6 Å². The van der Waals surface area contributed by atoms with Gasteiger partial charge in [0.05, 0.1) is 0 Å². The van der Waals surface area contributed by atoms with Crippen LogP contribution in [0.15, 0.2) is 54.2 Å². The van der Waals surface area contributed by atoms with Crippen LogP contribution in [0.4, 0.5) is 17.1 Å². The summed E-state index contributed by atoms with van der Waals surface area (Å²) in [5.41, 5.74) is 3.74. The minimum atomic E-state index is -0.427. The lowest BCUT2D eigenvalue weighted by molar-refractivity contribution is -0.112. The van der Waals surface area contributed by atoms with Crippen LogP contribution in [0.5, 0.6) is 0 Å². The number of amides is 1. The normalized spacial score (nSPS) is 14.3. The van der Waals surface area contributed by atoms with Gasteiger partial charge in [0, 0.05) is 39.9 Å². The van der Waals surface area contributed by atoms with Gasteiger partial charge in [0.15, 0.2) is 0 Å². The summed E-state index contributed by atoms with van der Waals surface area (Å²) in [5.74, 6) is -0.427. The number of hydrogen-bond donors (Lipinski definition) is 2. The van der Waals surface area contributed by atoms with Gasteiger partial charge < -0.3 is 15.5 Å². The highest BCUT2D eigenvalue weighted by molar-refractivity contribution is 14.1. The summed E-state index contributed by atoms with van der Waals surface area (Å²) in [6.07, 6.45) is 5.24. The second-order valence-electron chi connectivity index (χ2n) is 6.82. The van der Waals surface area contributed by atoms with Crippen molar-refractivity contribution in [3.8, 4) is 6.07 Å². The molecule has 2 aromatic carbocycles. The fraction of sp³-hybridized carbons (Fsp3) is 0.273. The molecule has 0 bridgehead atoms. The second kappa shape index (κ2) is 9.60. The largest absolute Gasteiger partial charge is 0.372 e. The van der Waals surface area contributed by atoms with Gasteiger partial charge in [-0.1, -0.05) is 0 Å². The number of anilines is 3. The minimum Gasteiger partial charge on any atom is -0.372 e. The van der Waals surface area contributed by atoms with E-state index in [1.807, 2.05) is 43.3 Å². The molecule has 144 valence electrons. The second-order valence-corrected chi connectivity index (χ2v) is 8.07. The lowest BCUT2D eigenvalue weighted by Crippen LogP contribution is -2.29. The fourth-order valence-corrected chi connectivity index (χ4v) is 3.83. The molecule has 1 saturated heterocycles. The van der Waals surface area contributed by atoms with E-state index in [2.05, 4.69) is 50.3 Å². The summed E-state index contributed by atoms with van der Waals surface area (Å²) >= 11 is 2.22. The third kappa shape index (κ3) is 5.26. The zero-order valence-electron chi connectivity index (χ0n) is 15.8. The molecule has 0 unspecified atom stereocenters. The van der Waals surface area contributed by atoms with Crippen LogP contribution in [-0.4, -0.2) is 19.0 Å². The molecule has 0 saturated carbocycles. The maximum atomic E-state index is 12.4. The van der Waals surface area contributed by atoms with Gasteiger partial charge in [0.25, 0.3) is 5.91 Å². The molecule has 1 aliphatic heterocycles. The van der Waals surface area contributed by atoms with Crippen LogP contribution in [0.2, 0.25) is 0 Å². The quantitative estimate of drug-likeness (QED) is 0.353. The molecule has 1 heterocycles. The van der Waals surface area contributed by atoms with Crippen LogP contribution in [-0.2, 0) is 4.79 Å². The molecule has 2 aromatic rings. The van der Waals surface area contributed by atoms with Gasteiger partial charge >= 0.3 is 0 Å². The Labute approximate surface area is 179 Å². The highest BCUT2D eigenvalue weighted by atomic mass is 127. The Morgan fingerprint density at radius 3 is 2.50 bits per heavy atom. The summed E-state index contributed by atoms with van der Waals surface area (Å²) in [4.78, 5) is 14.8. The molecule has 1 aliphatic rings. The van der Waals surface area contributed by atoms with E-state index in [1.54, 1.807) is 0 Å². The average Bonchev–Trinajstić information content (AvgIpc) is 2.72. The highest BCUT2D eigenvalue weighted by Gasteiger charge is 2.12. The summed E-state index contributed by atoms with van der Waals surface area (Å²) in [5, 5.41) is 15.2. The van der Waals surface area contributed by atoms with Crippen LogP contribution in [0.1, 0.15) is 24.8 Å². The van der Waals surface area contributed by atoms with Gasteiger partial charge in [-0.2, -0.15) is 5.26 Å². The van der Waals surface area contributed by atoms with Gasteiger partial charge in [0.2, 0.25) is 0 Å². The standard InChI is InChI=1S/C22H23IN4O/c1-16-13-18(23)5-10-21(16)26-22(28)17(14-24)15-25-19-6-8-20(9-7-19)27-11-3-2-4-12-27/h5-10,13,15,25H,2-4,11-12H2,1H3,(H,26,28)/b17-15-. The third-order valence-electron chi connectivity index (χ3n) is 4.77. The molecule has 3 rings (SSSR count). The molecular weight excluding hydrogens is 463 g/mol. The summed E-state index contributed by atoms with van der Waals surface area (Å²) in [7, 11) is 0. The number of nitriles is 1. The summed E-state index contributed by atoms with van der Waals surface area (Å²) in [6, 6.07) is 15.8. The van der Waals surface area contributed by atoms with E-state index in [4.69, 9.17) is 0 Å². The lowest BCUT2D eigenvalue weighted by Gasteiger charge is -2.28. The van der Waals surface area contributed by atoms with Crippen molar-refractivity contribution in [3.63, 3.8) is 0 Å². The van der Waals surface area contributed by atoms with Gasteiger partial charge in [-0.15, -0.1) is 0 Å². The van der Waals surface area contributed by atoms with Gasteiger partial charge in [-0.05, 0) is 96.8 Å². The number of benzene rings is 2. The van der Waals surface area contributed by atoms with Crippen molar-refractivity contribution in [1.82, 2.24) is 0 Å². The van der Waals surface area contributed by atoms with Crippen LogP contribution < -0.4 is 15.5 Å². The molecule has 0 aromatic heterocycles. The first-order valence-corrected chi connectivity index (χ1v) is 10.4.